The molecular weight excluding hydrogens is 220 g/mol. The molecule has 76 valence electrons. The van der Waals surface area contributed by atoms with Crippen LogP contribution < -0.4 is 5.73 Å². The number of nitrogen functional groups attached to an aromatic ring is 1. The van der Waals surface area contributed by atoms with Gasteiger partial charge in [-0.25, -0.2) is 0 Å². The third kappa shape index (κ3) is 2.04. The molecule has 1 heterocycles. The average Bonchev–Trinajstić information content (AvgIpc) is 2.47. The lowest BCUT2D eigenvalue weighted by molar-refractivity contribution is 0.824. The molecule has 1 aromatic carbocycles. The number of halogens is 1. The maximum absolute atomic E-state index is 7.32. The minimum atomic E-state index is 0. The second kappa shape index (κ2) is 4.95. The molecule has 0 saturated heterocycles. The van der Waals surface area contributed by atoms with Crippen LogP contribution in [0.2, 0.25) is 0 Å². The molecule has 0 aliphatic carbocycles. The van der Waals surface area contributed by atoms with Crippen molar-refractivity contribution >= 4 is 39.7 Å². The first kappa shape index (κ1) is 12.9. The van der Waals surface area contributed by atoms with Crippen LogP contribution in [0.5, 0.6) is 0 Å². The Morgan fingerprint density at radius 1 is 1.29 bits per heavy atom. The Hall–Kier alpha value is -1.10. The zero-order chi connectivity index (χ0) is 8.55. The van der Waals surface area contributed by atoms with Crippen LogP contribution in [0.1, 0.15) is 5.56 Å². The summed E-state index contributed by atoms with van der Waals surface area (Å²) >= 11 is 1.62. The first-order chi connectivity index (χ1) is 5.79. The van der Waals surface area contributed by atoms with Crippen molar-refractivity contribution in [1.82, 2.24) is 0 Å². The minimum absolute atomic E-state index is 0. The van der Waals surface area contributed by atoms with Gasteiger partial charge in [-0.05, 0) is 6.07 Å². The number of benzene rings is 1. The first-order valence-corrected chi connectivity index (χ1v) is 4.47. The minimum Gasteiger partial charge on any atom is -0.412 e. The zero-order valence-corrected chi connectivity index (χ0v) is 8.91. The van der Waals surface area contributed by atoms with Crippen LogP contribution in [-0.4, -0.2) is 11.3 Å². The lowest BCUT2D eigenvalue weighted by Crippen LogP contribution is -2.09. The van der Waals surface area contributed by atoms with Gasteiger partial charge in [-0.15, -0.1) is 23.7 Å². The Balaban J connectivity index is 0.000000845. The fraction of sp³-hybridized carbons (Fsp3) is 0. The van der Waals surface area contributed by atoms with Crippen molar-refractivity contribution in [2.24, 2.45) is 5.73 Å². The molecular formula is C9H11ClN2OS. The SMILES string of the molecule is Cl.N=C(N)c1csc2ccccc12.O. The highest BCUT2D eigenvalue weighted by Crippen LogP contribution is 2.24. The molecule has 0 radical (unpaired) electrons. The molecule has 3 nitrogen and oxygen atoms in total. The van der Waals surface area contributed by atoms with E-state index in [1.165, 1.54) is 4.70 Å². The van der Waals surface area contributed by atoms with Gasteiger partial charge >= 0.3 is 0 Å². The molecule has 2 aromatic rings. The molecule has 0 spiro atoms. The van der Waals surface area contributed by atoms with Crippen LogP contribution in [0, 0.1) is 5.41 Å². The van der Waals surface area contributed by atoms with Gasteiger partial charge in [0, 0.05) is 21.0 Å². The Morgan fingerprint density at radius 2 is 1.93 bits per heavy atom. The fourth-order valence-corrected chi connectivity index (χ4v) is 2.15. The smallest absolute Gasteiger partial charge is 0.124 e. The van der Waals surface area contributed by atoms with Gasteiger partial charge in [0.15, 0.2) is 0 Å². The standard InChI is InChI=1S/C9H8N2S.ClH.H2O/c10-9(11)7-5-12-8-4-2-1-3-6(7)8;;/h1-5H,(H3,10,11);1H;1H2. The van der Waals surface area contributed by atoms with E-state index in [2.05, 4.69) is 0 Å². The summed E-state index contributed by atoms with van der Waals surface area (Å²) in [5.41, 5.74) is 6.26. The van der Waals surface area contributed by atoms with Crippen molar-refractivity contribution in [3.05, 3.63) is 35.2 Å². The number of rotatable bonds is 1. The summed E-state index contributed by atoms with van der Waals surface area (Å²) in [6.45, 7) is 0. The van der Waals surface area contributed by atoms with Crippen LogP contribution >= 0.6 is 23.7 Å². The molecule has 0 unspecified atom stereocenters. The van der Waals surface area contributed by atoms with Gasteiger partial charge in [-0.1, -0.05) is 18.2 Å². The summed E-state index contributed by atoms with van der Waals surface area (Å²) in [7, 11) is 0. The van der Waals surface area contributed by atoms with Crippen molar-refractivity contribution in [3.8, 4) is 0 Å². The second-order valence-corrected chi connectivity index (χ2v) is 3.47. The monoisotopic (exact) mass is 230 g/mol. The topological polar surface area (TPSA) is 81.4 Å². The van der Waals surface area contributed by atoms with E-state index in [1.807, 2.05) is 29.6 Å². The molecule has 5 N–H and O–H groups in total. The first-order valence-electron chi connectivity index (χ1n) is 3.59. The number of fused-ring (bicyclic) bond motifs is 1. The van der Waals surface area contributed by atoms with Crippen molar-refractivity contribution in [1.29, 1.82) is 5.41 Å². The zero-order valence-electron chi connectivity index (χ0n) is 7.28. The van der Waals surface area contributed by atoms with Gasteiger partial charge < -0.3 is 11.2 Å². The van der Waals surface area contributed by atoms with Crippen molar-refractivity contribution in [2.45, 2.75) is 0 Å². The summed E-state index contributed by atoms with van der Waals surface area (Å²) in [4.78, 5) is 0. The lowest BCUT2D eigenvalue weighted by atomic mass is 10.2. The summed E-state index contributed by atoms with van der Waals surface area (Å²) in [6.07, 6.45) is 0. The maximum Gasteiger partial charge on any atom is 0.124 e. The Kier molecular flexibility index (Phi) is 4.56. The van der Waals surface area contributed by atoms with E-state index >= 15 is 0 Å². The van der Waals surface area contributed by atoms with Crippen LogP contribution in [0.15, 0.2) is 29.6 Å². The van der Waals surface area contributed by atoms with Gasteiger partial charge in [0.2, 0.25) is 0 Å². The molecule has 0 atom stereocenters. The van der Waals surface area contributed by atoms with E-state index in [0.717, 1.165) is 10.9 Å². The Labute approximate surface area is 91.8 Å². The summed E-state index contributed by atoms with van der Waals surface area (Å²) in [6, 6.07) is 7.97. The Bertz CT molecular complexity index is 441. The predicted octanol–water partition coefficient (Wildman–Crippen LogP) is 1.78. The molecule has 1 aromatic heterocycles. The molecule has 2 rings (SSSR count). The maximum atomic E-state index is 7.32. The number of amidine groups is 1. The summed E-state index contributed by atoms with van der Waals surface area (Å²) < 4.78 is 1.18. The molecule has 0 saturated carbocycles. The van der Waals surface area contributed by atoms with Gasteiger partial charge in [0.05, 0.1) is 0 Å². The molecule has 0 bridgehead atoms. The van der Waals surface area contributed by atoms with E-state index in [-0.39, 0.29) is 23.7 Å². The number of thiophene rings is 1. The quantitative estimate of drug-likeness (QED) is 0.568. The highest BCUT2D eigenvalue weighted by molar-refractivity contribution is 7.17. The molecule has 0 aliphatic rings. The van der Waals surface area contributed by atoms with Gasteiger partial charge in [-0.3, -0.25) is 5.41 Å². The van der Waals surface area contributed by atoms with E-state index < -0.39 is 0 Å². The molecule has 0 fully saturated rings. The van der Waals surface area contributed by atoms with E-state index in [0.29, 0.717) is 0 Å². The third-order valence-electron chi connectivity index (χ3n) is 1.77. The summed E-state index contributed by atoms with van der Waals surface area (Å²) in [5.74, 6) is 0.146. The van der Waals surface area contributed by atoms with Gasteiger partial charge in [-0.2, -0.15) is 0 Å². The van der Waals surface area contributed by atoms with Gasteiger partial charge in [0.25, 0.3) is 0 Å². The molecule has 0 aliphatic heterocycles. The van der Waals surface area contributed by atoms with Crippen LogP contribution in [0.4, 0.5) is 0 Å². The lowest BCUT2D eigenvalue weighted by Gasteiger charge is -1.93. The number of nitrogens with one attached hydrogen (secondary N) is 1. The van der Waals surface area contributed by atoms with Gasteiger partial charge in [0.1, 0.15) is 5.84 Å². The van der Waals surface area contributed by atoms with Crippen molar-refractivity contribution in [3.63, 3.8) is 0 Å². The predicted molar refractivity (Wildman–Crippen MR) is 63.7 cm³/mol. The van der Waals surface area contributed by atoms with E-state index in [9.17, 15) is 0 Å². The van der Waals surface area contributed by atoms with Crippen molar-refractivity contribution in [2.75, 3.05) is 0 Å². The number of nitrogens with two attached hydrogens (primary N) is 1. The molecule has 5 heteroatoms. The largest absolute Gasteiger partial charge is 0.412 e. The highest BCUT2D eigenvalue weighted by Gasteiger charge is 2.04. The second-order valence-electron chi connectivity index (χ2n) is 2.56. The fourth-order valence-electron chi connectivity index (χ4n) is 1.19. The number of hydrogen-bond acceptors (Lipinski definition) is 2. The Morgan fingerprint density at radius 3 is 2.57 bits per heavy atom. The highest BCUT2D eigenvalue weighted by atomic mass is 35.5. The average molecular weight is 231 g/mol. The van der Waals surface area contributed by atoms with E-state index in [1.54, 1.807) is 11.3 Å². The van der Waals surface area contributed by atoms with Crippen molar-refractivity contribution < 1.29 is 5.48 Å². The van der Waals surface area contributed by atoms with Crippen LogP contribution in [0.25, 0.3) is 10.1 Å². The third-order valence-corrected chi connectivity index (χ3v) is 2.73. The normalized spacial score (nSPS) is 8.86. The molecule has 14 heavy (non-hydrogen) atoms. The molecule has 0 amide bonds. The van der Waals surface area contributed by atoms with E-state index in [4.69, 9.17) is 11.1 Å². The van der Waals surface area contributed by atoms with Crippen LogP contribution in [0.3, 0.4) is 0 Å². The summed E-state index contributed by atoms with van der Waals surface area (Å²) in [5, 5.41) is 10.3. The van der Waals surface area contributed by atoms with Crippen LogP contribution in [-0.2, 0) is 0 Å². The number of hydrogen-bond donors (Lipinski definition) is 2.